The molecule has 1 fully saturated rings. The molecule has 2 aromatic rings. The Hall–Kier alpha value is -2.08. The monoisotopic (exact) mass is 260 g/mol. The van der Waals surface area contributed by atoms with Gasteiger partial charge in [0, 0.05) is 31.9 Å². The number of carboxylic acids is 1. The lowest BCUT2D eigenvalue weighted by Crippen LogP contribution is -2.43. The summed E-state index contributed by atoms with van der Waals surface area (Å²) in [5.41, 5.74) is 2.85. The van der Waals surface area contributed by atoms with E-state index < -0.39 is 5.97 Å². The Balaban J connectivity index is 1.91. The van der Waals surface area contributed by atoms with Gasteiger partial charge in [-0.3, -0.25) is 4.79 Å². The lowest BCUT2D eigenvalue weighted by atomic mass is 10.2. The van der Waals surface area contributed by atoms with Crippen LogP contribution in [0.4, 0.5) is 5.69 Å². The predicted octanol–water partition coefficient (Wildman–Crippen LogP) is 0.530. The molecule has 0 radical (unpaired) electrons. The van der Waals surface area contributed by atoms with Gasteiger partial charge in [-0.25, -0.2) is 4.98 Å². The summed E-state index contributed by atoms with van der Waals surface area (Å²) in [6, 6.07) is 6.01. The second kappa shape index (κ2) is 4.89. The van der Waals surface area contributed by atoms with E-state index in [1.165, 1.54) is 0 Å². The maximum absolute atomic E-state index is 10.8. The zero-order chi connectivity index (χ0) is 13.2. The molecule has 6 nitrogen and oxygen atoms in total. The number of rotatable bonds is 3. The van der Waals surface area contributed by atoms with Crippen molar-refractivity contribution < 1.29 is 9.90 Å². The minimum Gasteiger partial charge on any atom is -0.480 e. The van der Waals surface area contributed by atoms with Gasteiger partial charge in [-0.1, -0.05) is 0 Å². The fourth-order valence-electron chi connectivity index (χ4n) is 2.44. The molecule has 3 rings (SSSR count). The van der Waals surface area contributed by atoms with Gasteiger partial charge < -0.3 is 19.9 Å². The van der Waals surface area contributed by atoms with Crippen molar-refractivity contribution in [3.63, 3.8) is 0 Å². The second-order valence-corrected chi connectivity index (χ2v) is 4.68. The first-order valence-electron chi connectivity index (χ1n) is 6.36. The van der Waals surface area contributed by atoms with E-state index in [4.69, 9.17) is 5.11 Å². The zero-order valence-electron chi connectivity index (χ0n) is 10.5. The molecule has 0 spiro atoms. The van der Waals surface area contributed by atoms with Gasteiger partial charge in [0.2, 0.25) is 0 Å². The normalized spacial score (nSPS) is 15.9. The van der Waals surface area contributed by atoms with Crippen molar-refractivity contribution in [3.8, 4) is 0 Å². The summed E-state index contributed by atoms with van der Waals surface area (Å²) in [6.07, 6.45) is 1.58. The number of aliphatic carboxylic acids is 1. The van der Waals surface area contributed by atoms with E-state index in [-0.39, 0.29) is 6.54 Å². The van der Waals surface area contributed by atoms with Crippen molar-refractivity contribution in [2.24, 2.45) is 0 Å². The first-order chi connectivity index (χ1) is 9.24. The topological polar surface area (TPSA) is 70.4 Å². The van der Waals surface area contributed by atoms with Crippen LogP contribution in [0.5, 0.6) is 0 Å². The van der Waals surface area contributed by atoms with Crippen molar-refractivity contribution in [3.05, 3.63) is 24.5 Å². The highest BCUT2D eigenvalue weighted by Gasteiger charge is 2.12. The Morgan fingerprint density at radius 3 is 2.89 bits per heavy atom. The van der Waals surface area contributed by atoms with Crippen LogP contribution in [0.1, 0.15) is 0 Å². The molecule has 0 aliphatic carbocycles. The van der Waals surface area contributed by atoms with Gasteiger partial charge in [0.15, 0.2) is 0 Å². The number of nitrogens with zero attached hydrogens (tertiary/aromatic N) is 3. The van der Waals surface area contributed by atoms with E-state index in [0.29, 0.717) is 0 Å². The molecule has 2 heterocycles. The molecule has 1 aliphatic heterocycles. The third-order valence-electron chi connectivity index (χ3n) is 3.39. The average molecular weight is 260 g/mol. The number of nitrogens with one attached hydrogen (secondary N) is 1. The van der Waals surface area contributed by atoms with Crippen molar-refractivity contribution in [1.82, 2.24) is 14.9 Å². The standard InChI is InChI=1S/C13H16N4O2/c18-13(19)8-17-9-15-11-7-10(1-2-12(11)17)16-5-3-14-4-6-16/h1-2,7,9,14H,3-6,8H2,(H,18,19). The van der Waals surface area contributed by atoms with Gasteiger partial charge in [0.1, 0.15) is 6.54 Å². The Labute approximate surface area is 110 Å². The number of piperazine rings is 1. The lowest BCUT2D eigenvalue weighted by Gasteiger charge is -2.29. The van der Waals surface area contributed by atoms with E-state index in [2.05, 4.69) is 15.2 Å². The van der Waals surface area contributed by atoms with Crippen LogP contribution in [0.25, 0.3) is 11.0 Å². The zero-order valence-corrected chi connectivity index (χ0v) is 10.5. The molecule has 0 saturated carbocycles. The molecule has 1 saturated heterocycles. The van der Waals surface area contributed by atoms with Crippen LogP contribution in [0.2, 0.25) is 0 Å². The Bertz CT molecular complexity index is 602. The summed E-state index contributed by atoms with van der Waals surface area (Å²) in [5, 5.41) is 12.2. The molecular formula is C13H16N4O2. The number of anilines is 1. The van der Waals surface area contributed by atoms with Crippen molar-refractivity contribution >= 4 is 22.7 Å². The maximum Gasteiger partial charge on any atom is 0.323 e. The van der Waals surface area contributed by atoms with Gasteiger partial charge in [0.05, 0.1) is 17.4 Å². The number of imidazole rings is 1. The van der Waals surface area contributed by atoms with Crippen LogP contribution in [-0.2, 0) is 11.3 Å². The number of hydrogen-bond donors (Lipinski definition) is 2. The van der Waals surface area contributed by atoms with Crippen LogP contribution in [0.15, 0.2) is 24.5 Å². The van der Waals surface area contributed by atoms with Gasteiger partial charge in [-0.2, -0.15) is 0 Å². The molecule has 0 bridgehead atoms. The first kappa shape index (κ1) is 12.0. The van der Waals surface area contributed by atoms with Gasteiger partial charge in [-0.05, 0) is 18.2 Å². The van der Waals surface area contributed by atoms with E-state index in [9.17, 15) is 4.79 Å². The molecule has 0 unspecified atom stereocenters. The largest absolute Gasteiger partial charge is 0.480 e. The van der Waals surface area contributed by atoms with Gasteiger partial charge in [-0.15, -0.1) is 0 Å². The van der Waals surface area contributed by atoms with Crippen molar-refractivity contribution in [2.75, 3.05) is 31.1 Å². The highest BCUT2D eigenvalue weighted by Crippen LogP contribution is 2.21. The number of benzene rings is 1. The van der Waals surface area contributed by atoms with Crippen LogP contribution in [-0.4, -0.2) is 46.8 Å². The first-order valence-corrected chi connectivity index (χ1v) is 6.36. The summed E-state index contributed by atoms with van der Waals surface area (Å²) >= 11 is 0. The summed E-state index contributed by atoms with van der Waals surface area (Å²) in [6.45, 7) is 3.91. The Kier molecular flexibility index (Phi) is 3.08. The van der Waals surface area contributed by atoms with Crippen LogP contribution >= 0.6 is 0 Å². The highest BCUT2D eigenvalue weighted by atomic mass is 16.4. The highest BCUT2D eigenvalue weighted by molar-refractivity contribution is 5.81. The van der Waals surface area contributed by atoms with Crippen molar-refractivity contribution in [2.45, 2.75) is 6.54 Å². The molecule has 2 N–H and O–H groups in total. The molecule has 0 amide bonds. The van der Waals surface area contributed by atoms with Crippen molar-refractivity contribution in [1.29, 1.82) is 0 Å². The SMILES string of the molecule is O=C(O)Cn1cnc2cc(N3CCNCC3)ccc21. The summed E-state index contributed by atoms with van der Waals surface area (Å²) in [4.78, 5) is 17.4. The van der Waals surface area contributed by atoms with E-state index in [1.54, 1.807) is 10.9 Å². The second-order valence-electron chi connectivity index (χ2n) is 4.68. The Morgan fingerprint density at radius 1 is 1.37 bits per heavy atom. The Morgan fingerprint density at radius 2 is 2.16 bits per heavy atom. The van der Waals surface area contributed by atoms with E-state index in [0.717, 1.165) is 42.9 Å². The predicted molar refractivity (Wildman–Crippen MR) is 72.5 cm³/mol. The number of aromatic nitrogens is 2. The average Bonchev–Trinajstić information content (AvgIpc) is 2.81. The quantitative estimate of drug-likeness (QED) is 0.842. The van der Waals surface area contributed by atoms with E-state index >= 15 is 0 Å². The number of fused-ring (bicyclic) bond motifs is 1. The molecule has 1 aromatic heterocycles. The maximum atomic E-state index is 10.8. The van der Waals surface area contributed by atoms with Gasteiger partial charge in [0.25, 0.3) is 0 Å². The summed E-state index contributed by atoms with van der Waals surface area (Å²) in [7, 11) is 0. The molecule has 100 valence electrons. The van der Waals surface area contributed by atoms with Crippen LogP contribution in [0, 0.1) is 0 Å². The molecule has 6 heteroatoms. The number of carbonyl (C=O) groups is 1. The molecular weight excluding hydrogens is 244 g/mol. The fraction of sp³-hybridized carbons (Fsp3) is 0.385. The molecule has 1 aromatic carbocycles. The number of hydrogen-bond acceptors (Lipinski definition) is 4. The van der Waals surface area contributed by atoms with E-state index in [1.807, 2.05) is 18.2 Å². The van der Waals surface area contributed by atoms with Crippen LogP contribution in [0.3, 0.4) is 0 Å². The molecule has 19 heavy (non-hydrogen) atoms. The van der Waals surface area contributed by atoms with Crippen LogP contribution < -0.4 is 10.2 Å². The minimum atomic E-state index is -0.856. The lowest BCUT2D eigenvalue weighted by molar-refractivity contribution is -0.137. The summed E-state index contributed by atoms with van der Waals surface area (Å²) < 4.78 is 1.65. The third kappa shape index (κ3) is 2.39. The minimum absolute atomic E-state index is 0.0521. The van der Waals surface area contributed by atoms with Gasteiger partial charge >= 0.3 is 5.97 Å². The fourth-order valence-corrected chi connectivity index (χ4v) is 2.44. The number of carboxylic acid groups (broad SMARTS) is 1. The third-order valence-corrected chi connectivity index (χ3v) is 3.39. The molecule has 1 aliphatic rings. The summed E-state index contributed by atoms with van der Waals surface area (Å²) in [5.74, 6) is -0.856. The molecule has 0 atom stereocenters. The smallest absolute Gasteiger partial charge is 0.323 e.